The third-order valence-corrected chi connectivity index (χ3v) is 5.29. The number of hydrogen-bond donors (Lipinski definition) is 1. The minimum atomic E-state index is -0.142. The molecule has 2 atom stereocenters. The van der Waals surface area contributed by atoms with Crippen molar-refractivity contribution in [3.8, 4) is 0 Å². The van der Waals surface area contributed by atoms with E-state index >= 15 is 0 Å². The standard InChI is InChI=1S/C13H18BrFN2S/c1-17-7-8(6-16)3-12(17)9-4-10(14)13(18-2)11(15)5-9/h4-5,8,12H,3,6-7,16H2,1-2H3. The monoisotopic (exact) mass is 332 g/mol. The van der Waals surface area contributed by atoms with Crippen molar-refractivity contribution < 1.29 is 4.39 Å². The summed E-state index contributed by atoms with van der Waals surface area (Å²) in [5, 5.41) is 0. The molecule has 0 aliphatic carbocycles. The summed E-state index contributed by atoms with van der Waals surface area (Å²) in [5.41, 5.74) is 6.77. The van der Waals surface area contributed by atoms with Crippen molar-refractivity contribution in [1.29, 1.82) is 0 Å². The van der Waals surface area contributed by atoms with Crippen LogP contribution in [0.3, 0.4) is 0 Å². The van der Waals surface area contributed by atoms with Crippen molar-refractivity contribution in [3.05, 3.63) is 28.0 Å². The van der Waals surface area contributed by atoms with Gasteiger partial charge in [-0.2, -0.15) is 0 Å². The second kappa shape index (κ2) is 5.90. The molecule has 5 heteroatoms. The molecule has 1 aliphatic rings. The van der Waals surface area contributed by atoms with Gasteiger partial charge in [0.25, 0.3) is 0 Å². The zero-order valence-electron chi connectivity index (χ0n) is 10.6. The summed E-state index contributed by atoms with van der Waals surface area (Å²) in [7, 11) is 2.08. The van der Waals surface area contributed by atoms with Crippen LogP contribution in [0.15, 0.2) is 21.5 Å². The molecule has 1 saturated heterocycles. The lowest BCUT2D eigenvalue weighted by atomic mass is 10.00. The van der Waals surface area contributed by atoms with Gasteiger partial charge < -0.3 is 5.73 Å². The summed E-state index contributed by atoms with van der Waals surface area (Å²) in [6, 6.07) is 3.98. The van der Waals surface area contributed by atoms with Gasteiger partial charge in [-0.05, 0) is 65.8 Å². The Morgan fingerprint density at radius 3 is 2.78 bits per heavy atom. The Hall–Kier alpha value is -0.100. The SMILES string of the molecule is CSc1c(F)cc(C2CC(CN)CN2C)cc1Br. The molecular weight excluding hydrogens is 315 g/mol. The van der Waals surface area contributed by atoms with E-state index in [1.54, 1.807) is 6.07 Å². The van der Waals surface area contributed by atoms with Crippen molar-refractivity contribution >= 4 is 27.7 Å². The number of halogens is 2. The number of hydrogen-bond acceptors (Lipinski definition) is 3. The quantitative estimate of drug-likeness (QED) is 0.861. The van der Waals surface area contributed by atoms with Crippen LogP contribution in [0.4, 0.5) is 4.39 Å². The predicted octanol–water partition coefficient (Wildman–Crippen LogP) is 3.26. The van der Waals surface area contributed by atoms with Gasteiger partial charge in [-0.1, -0.05) is 0 Å². The van der Waals surface area contributed by atoms with Crippen LogP contribution >= 0.6 is 27.7 Å². The Balaban J connectivity index is 2.29. The molecule has 0 spiro atoms. The van der Waals surface area contributed by atoms with Gasteiger partial charge in [0, 0.05) is 17.1 Å². The topological polar surface area (TPSA) is 29.3 Å². The average Bonchev–Trinajstić information content (AvgIpc) is 2.70. The molecule has 0 saturated carbocycles. The summed E-state index contributed by atoms with van der Waals surface area (Å²) >= 11 is 4.88. The van der Waals surface area contributed by atoms with Crippen LogP contribution in [0.25, 0.3) is 0 Å². The largest absolute Gasteiger partial charge is 0.330 e. The molecule has 18 heavy (non-hydrogen) atoms. The number of nitrogens with two attached hydrogens (primary N) is 1. The minimum absolute atomic E-state index is 0.142. The summed E-state index contributed by atoms with van der Waals surface area (Å²) in [5.74, 6) is 0.374. The van der Waals surface area contributed by atoms with E-state index in [1.807, 2.05) is 12.3 Å². The van der Waals surface area contributed by atoms with Crippen molar-refractivity contribution in [1.82, 2.24) is 4.90 Å². The molecule has 100 valence electrons. The van der Waals surface area contributed by atoms with Crippen molar-refractivity contribution in [2.24, 2.45) is 11.7 Å². The van der Waals surface area contributed by atoms with Gasteiger partial charge in [0.05, 0.1) is 4.90 Å². The predicted molar refractivity (Wildman–Crippen MR) is 78.4 cm³/mol. The number of rotatable bonds is 3. The van der Waals surface area contributed by atoms with E-state index in [4.69, 9.17) is 5.73 Å². The first-order chi connectivity index (χ1) is 8.56. The first-order valence-electron chi connectivity index (χ1n) is 6.00. The van der Waals surface area contributed by atoms with Crippen LogP contribution < -0.4 is 5.73 Å². The van der Waals surface area contributed by atoms with E-state index in [0.29, 0.717) is 17.4 Å². The van der Waals surface area contributed by atoms with Gasteiger partial charge >= 0.3 is 0 Å². The highest BCUT2D eigenvalue weighted by Gasteiger charge is 2.30. The number of thioether (sulfide) groups is 1. The van der Waals surface area contributed by atoms with Crippen LogP contribution in [0.2, 0.25) is 0 Å². The van der Waals surface area contributed by atoms with E-state index in [2.05, 4.69) is 27.9 Å². The van der Waals surface area contributed by atoms with Gasteiger partial charge in [-0.15, -0.1) is 11.8 Å². The van der Waals surface area contributed by atoms with Gasteiger partial charge in [-0.3, -0.25) is 4.90 Å². The summed E-state index contributed by atoms with van der Waals surface area (Å²) in [6.45, 7) is 1.69. The van der Waals surface area contributed by atoms with Crippen LogP contribution in [0.5, 0.6) is 0 Å². The fourth-order valence-electron chi connectivity index (χ4n) is 2.63. The molecule has 0 amide bonds. The average molecular weight is 333 g/mol. The third-order valence-electron chi connectivity index (χ3n) is 3.58. The lowest BCUT2D eigenvalue weighted by molar-refractivity contribution is 0.312. The van der Waals surface area contributed by atoms with Gasteiger partial charge in [0.15, 0.2) is 0 Å². The van der Waals surface area contributed by atoms with Crippen molar-refractivity contribution in [2.75, 3.05) is 26.4 Å². The van der Waals surface area contributed by atoms with Crippen molar-refractivity contribution in [2.45, 2.75) is 17.4 Å². The molecule has 0 radical (unpaired) electrons. The minimum Gasteiger partial charge on any atom is -0.330 e. The van der Waals surface area contributed by atoms with E-state index < -0.39 is 0 Å². The Morgan fingerprint density at radius 2 is 2.28 bits per heavy atom. The fraction of sp³-hybridized carbons (Fsp3) is 0.538. The Labute approximate surface area is 120 Å². The molecule has 1 aromatic rings. The molecule has 2 rings (SSSR count). The van der Waals surface area contributed by atoms with Crippen LogP contribution in [0.1, 0.15) is 18.0 Å². The molecule has 2 unspecified atom stereocenters. The lowest BCUT2D eigenvalue weighted by Crippen LogP contribution is -2.20. The van der Waals surface area contributed by atoms with E-state index in [-0.39, 0.29) is 11.9 Å². The highest BCUT2D eigenvalue weighted by molar-refractivity contribution is 9.10. The Bertz CT molecular complexity index is 418. The first-order valence-corrected chi connectivity index (χ1v) is 8.01. The van der Waals surface area contributed by atoms with Crippen LogP contribution in [-0.4, -0.2) is 31.3 Å². The molecule has 1 heterocycles. The Morgan fingerprint density at radius 1 is 1.56 bits per heavy atom. The van der Waals surface area contributed by atoms with Gasteiger partial charge in [-0.25, -0.2) is 4.39 Å². The van der Waals surface area contributed by atoms with E-state index in [1.165, 1.54) is 11.8 Å². The fourth-order valence-corrected chi connectivity index (χ4v) is 4.08. The zero-order valence-corrected chi connectivity index (χ0v) is 13.0. The second-order valence-corrected chi connectivity index (χ2v) is 6.48. The van der Waals surface area contributed by atoms with E-state index in [0.717, 1.165) is 23.0 Å². The third kappa shape index (κ3) is 2.74. The molecule has 1 aromatic carbocycles. The van der Waals surface area contributed by atoms with Crippen LogP contribution in [-0.2, 0) is 0 Å². The maximum Gasteiger partial charge on any atom is 0.138 e. The number of benzene rings is 1. The number of nitrogens with zero attached hydrogens (tertiary/aromatic N) is 1. The molecular formula is C13H18BrFN2S. The highest BCUT2D eigenvalue weighted by Crippen LogP contribution is 2.38. The van der Waals surface area contributed by atoms with Crippen molar-refractivity contribution in [3.63, 3.8) is 0 Å². The highest BCUT2D eigenvalue weighted by atomic mass is 79.9. The zero-order chi connectivity index (χ0) is 13.3. The molecule has 2 N–H and O–H groups in total. The lowest BCUT2D eigenvalue weighted by Gasteiger charge is -2.20. The van der Waals surface area contributed by atoms with Crippen LogP contribution in [0, 0.1) is 11.7 Å². The Kier molecular flexibility index (Phi) is 4.69. The molecule has 0 aromatic heterocycles. The number of likely N-dealkylation sites (tertiary alicyclic amines) is 1. The first kappa shape index (κ1) is 14.3. The summed E-state index contributed by atoms with van der Waals surface area (Å²) in [6.07, 6.45) is 2.90. The second-order valence-electron chi connectivity index (χ2n) is 4.81. The van der Waals surface area contributed by atoms with Gasteiger partial charge in [0.2, 0.25) is 0 Å². The van der Waals surface area contributed by atoms with Gasteiger partial charge in [0.1, 0.15) is 5.82 Å². The summed E-state index contributed by atoms with van der Waals surface area (Å²) in [4.78, 5) is 2.94. The molecule has 2 nitrogen and oxygen atoms in total. The maximum absolute atomic E-state index is 14.0. The smallest absolute Gasteiger partial charge is 0.138 e. The molecule has 1 aliphatic heterocycles. The normalized spacial score (nSPS) is 24.7. The maximum atomic E-state index is 14.0. The molecule has 0 bridgehead atoms. The molecule has 1 fully saturated rings. The summed E-state index contributed by atoms with van der Waals surface area (Å²) < 4.78 is 14.8. The van der Waals surface area contributed by atoms with E-state index in [9.17, 15) is 4.39 Å².